The lowest BCUT2D eigenvalue weighted by Gasteiger charge is -2.28. The van der Waals surface area contributed by atoms with Gasteiger partial charge in [-0.25, -0.2) is 0 Å². The second-order valence-corrected chi connectivity index (χ2v) is 6.48. The molecule has 4 rings (SSSR count). The van der Waals surface area contributed by atoms with Gasteiger partial charge in [-0.05, 0) is 22.6 Å². The van der Waals surface area contributed by atoms with Gasteiger partial charge in [-0.1, -0.05) is 71.7 Å². The topological polar surface area (TPSA) is 29.1 Å². The summed E-state index contributed by atoms with van der Waals surface area (Å²) in [6.07, 6.45) is 0.366. The number of carbonyl (C=O) groups excluding carboxylic acids is 1. The molecule has 1 aliphatic rings. The number of carbonyl (C=O) groups is 1. The lowest BCUT2D eigenvalue weighted by Crippen LogP contribution is -2.24. The van der Waals surface area contributed by atoms with Crippen LogP contribution in [0.5, 0.6) is 0 Å². The Bertz CT molecular complexity index is 936. The van der Waals surface area contributed by atoms with E-state index in [9.17, 15) is 4.79 Å². The van der Waals surface area contributed by atoms with Gasteiger partial charge in [-0.15, -0.1) is 0 Å². The fraction of sp³-hybridized carbons (Fsp3) is 0.105. The van der Waals surface area contributed by atoms with Crippen molar-refractivity contribution in [2.45, 2.75) is 12.3 Å². The molecule has 1 unspecified atom stereocenters. The van der Waals surface area contributed by atoms with Crippen LogP contribution in [0, 0.1) is 0 Å². The molecule has 1 amide bonds. The molecule has 3 aromatic rings. The molecule has 1 N–H and O–H groups in total. The zero-order valence-corrected chi connectivity index (χ0v) is 13.7. The van der Waals surface area contributed by atoms with Crippen molar-refractivity contribution in [1.29, 1.82) is 0 Å². The molecule has 1 heterocycles. The minimum atomic E-state index is -0.0884. The number of hydrogen-bond acceptors (Lipinski definition) is 1. The first-order chi connectivity index (χ1) is 11.1. The maximum absolute atomic E-state index is 12.3. The average molecular weight is 342 g/mol. The zero-order chi connectivity index (χ0) is 16.0. The van der Waals surface area contributed by atoms with Crippen molar-refractivity contribution in [3.63, 3.8) is 0 Å². The van der Waals surface area contributed by atoms with Crippen LogP contribution in [0.15, 0.2) is 54.6 Å². The van der Waals surface area contributed by atoms with Crippen LogP contribution in [0.1, 0.15) is 23.5 Å². The quantitative estimate of drug-likeness (QED) is 0.611. The van der Waals surface area contributed by atoms with E-state index < -0.39 is 0 Å². The summed E-state index contributed by atoms with van der Waals surface area (Å²) in [5.41, 5.74) is 2.85. The van der Waals surface area contributed by atoms with Crippen molar-refractivity contribution in [3.8, 4) is 0 Å². The molecule has 4 heteroatoms. The van der Waals surface area contributed by atoms with Crippen LogP contribution in [0.25, 0.3) is 10.8 Å². The third-order valence-electron chi connectivity index (χ3n) is 4.35. The summed E-state index contributed by atoms with van der Waals surface area (Å²) in [5.74, 6) is -0.0931. The molecule has 1 aliphatic heterocycles. The van der Waals surface area contributed by atoms with Gasteiger partial charge >= 0.3 is 0 Å². The van der Waals surface area contributed by atoms with Gasteiger partial charge in [0.2, 0.25) is 5.91 Å². The van der Waals surface area contributed by atoms with Crippen molar-refractivity contribution in [1.82, 2.24) is 0 Å². The Morgan fingerprint density at radius 1 is 0.913 bits per heavy atom. The molecule has 2 nitrogen and oxygen atoms in total. The number of benzene rings is 3. The van der Waals surface area contributed by atoms with E-state index in [1.54, 1.807) is 6.07 Å². The first kappa shape index (κ1) is 14.6. The number of nitrogens with one attached hydrogen (secondary N) is 1. The molecule has 1 atom stereocenters. The Hall–Kier alpha value is -2.03. The van der Waals surface area contributed by atoms with Crippen molar-refractivity contribution in [2.24, 2.45) is 0 Å². The number of amides is 1. The Balaban J connectivity index is 1.97. The largest absolute Gasteiger partial charge is 0.325 e. The number of halogens is 2. The zero-order valence-electron chi connectivity index (χ0n) is 12.1. The van der Waals surface area contributed by atoms with Gasteiger partial charge in [0.1, 0.15) is 0 Å². The number of anilines is 1. The van der Waals surface area contributed by atoms with Crippen LogP contribution in [0.3, 0.4) is 0 Å². The standard InChI is InChI=1S/C19H13Cl2NO/c20-16-7-3-6-13(18(16)21)15-10-17(23)22-19-12-5-2-1-4-11(12)8-9-14(15)19/h1-9,15H,10H2,(H,22,23). The fourth-order valence-corrected chi connectivity index (χ4v) is 3.71. The summed E-state index contributed by atoms with van der Waals surface area (Å²) in [6.45, 7) is 0. The summed E-state index contributed by atoms with van der Waals surface area (Å²) in [6, 6.07) is 17.8. The van der Waals surface area contributed by atoms with Gasteiger partial charge < -0.3 is 5.32 Å². The molecule has 114 valence electrons. The number of fused-ring (bicyclic) bond motifs is 3. The van der Waals surface area contributed by atoms with Crippen molar-refractivity contribution in [2.75, 3.05) is 5.32 Å². The highest BCUT2D eigenvalue weighted by Crippen LogP contribution is 2.43. The highest BCUT2D eigenvalue weighted by Gasteiger charge is 2.29. The van der Waals surface area contributed by atoms with Crippen LogP contribution in [0.2, 0.25) is 10.0 Å². The smallest absolute Gasteiger partial charge is 0.225 e. The SMILES string of the molecule is O=C1CC(c2cccc(Cl)c2Cl)c2ccc3ccccc3c2N1. The van der Waals surface area contributed by atoms with Gasteiger partial charge in [0, 0.05) is 17.7 Å². The minimum absolute atomic E-state index is 0.00473. The molecule has 23 heavy (non-hydrogen) atoms. The number of hydrogen-bond donors (Lipinski definition) is 1. The highest BCUT2D eigenvalue weighted by atomic mass is 35.5. The monoisotopic (exact) mass is 341 g/mol. The summed E-state index contributed by atoms with van der Waals surface area (Å²) >= 11 is 12.6. The minimum Gasteiger partial charge on any atom is -0.325 e. The Morgan fingerprint density at radius 3 is 2.61 bits per heavy atom. The third-order valence-corrected chi connectivity index (χ3v) is 5.18. The van der Waals surface area contributed by atoms with Gasteiger partial charge in [0.25, 0.3) is 0 Å². The third kappa shape index (κ3) is 2.39. The molecule has 0 fully saturated rings. The maximum atomic E-state index is 12.3. The first-order valence-electron chi connectivity index (χ1n) is 7.40. The second-order valence-electron chi connectivity index (χ2n) is 5.70. The fourth-order valence-electron chi connectivity index (χ4n) is 3.27. The molecule has 0 saturated heterocycles. The molecule has 0 bridgehead atoms. The average Bonchev–Trinajstić information content (AvgIpc) is 2.56. The lowest BCUT2D eigenvalue weighted by atomic mass is 9.83. The van der Waals surface area contributed by atoms with E-state index in [0.29, 0.717) is 16.5 Å². The van der Waals surface area contributed by atoms with E-state index in [1.807, 2.05) is 36.4 Å². The summed E-state index contributed by atoms with van der Waals surface area (Å²) in [4.78, 5) is 12.3. The predicted molar refractivity (Wildman–Crippen MR) is 95.5 cm³/mol. The summed E-state index contributed by atoms with van der Waals surface area (Å²) in [7, 11) is 0. The summed E-state index contributed by atoms with van der Waals surface area (Å²) in [5, 5.41) is 6.20. The first-order valence-corrected chi connectivity index (χ1v) is 8.16. The van der Waals surface area contributed by atoms with Gasteiger partial charge in [-0.3, -0.25) is 4.79 Å². The molecular weight excluding hydrogens is 329 g/mol. The molecular formula is C19H13Cl2NO. The van der Waals surface area contributed by atoms with E-state index in [1.165, 1.54) is 0 Å². The van der Waals surface area contributed by atoms with Crippen molar-refractivity contribution >= 4 is 45.6 Å². The van der Waals surface area contributed by atoms with Gasteiger partial charge in [0.15, 0.2) is 0 Å². The molecule has 0 aliphatic carbocycles. The maximum Gasteiger partial charge on any atom is 0.225 e. The van der Waals surface area contributed by atoms with Crippen LogP contribution >= 0.6 is 23.2 Å². The van der Waals surface area contributed by atoms with Crippen molar-refractivity contribution in [3.05, 3.63) is 75.8 Å². The van der Waals surface area contributed by atoms with Crippen LogP contribution in [0.4, 0.5) is 5.69 Å². The Labute approximate surface area is 144 Å². The van der Waals surface area contributed by atoms with Crippen LogP contribution < -0.4 is 5.32 Å². The van der Waals surface area contributed by atoms with Gasteiger partial charge in [-0.2, -0.15) is 0 Å². The second kappa shape index (κ2) is 5.55. The normalized spacial score (nSPS) is 17.0. The van der Waals surface area contributed by atoms with Crippen molar-refractivity contribution < 1.29 is 4.79 Å². The van der Waals surface area contributed by atoms with E-state index in [-0.39, 0.29) is 11.8 Å². The predicted octanol–water partition coefficient (Wildman–Crippen LogP) is 5.62. The Morgan fingerprint density at radius 2 is 1.74 bits per heavy atom. The lowest BCUT2D eigenvalue weighted by molar-refractivity contribution is -0.116. The Kier molecular flexibility index (Phi) is 3.51. The van der Waals surface area contributed by atoms with Crippen LogP contribution in [-0.2, 0) is 4.79 Å². The summed E-state index contributed by atoms with van der Waals surface area (Å²) < 4.78 is 0. The molecule has 0 radical (unpaired) electrons. The van der Waals surface area contributed by atoms with E-state index >= 15 is 0 Å². The molecule has 3 aromatic carbocycles. The van der Waals surface area contributed by atoms with Gasteiger partial charge in [0.05, 0.1) is 15.7 Å². The number of rotatable bonds is 1. The molecule has 0 saturated carbocycles. The van der Waals surface area contributed by atoms with E-state index in [0.717, 1.165) is 27.6 Å². The van der Waals surface area contributed by atoms with E-state index in [2.05, 4.69) is 17.4 Å². The van der Waals surface area contributed by atoms with E-state index in [4.69, 9.17) is 23.2 Å². The molecule has 0 spiro atoms. The van der Waals surface area contributed by atoms with Crippen LogP contribution in [-0.4, -0.2) is 5.91 Å². The highest BCUT2D eigenvalue weighted by molar-refractivity contribution is 6.42. The molecule has 0 aromatic heterocycles.